The van der Waals surface area contributed by atoms with Crippen LogP contribution in [-0.2, 0) is 0 Å². The fourth-order valence-electron chi connectivity index (χ4n) is 3.90. The van der Waals surface area contributed by atoms with Gasteiger partial charge in [-0.1, -0.05) is 46.5 Å². The third-order valence-electron chi connectivity index (χ3n) is 5.47. The summed E-state index contributed by atoms with van der Waals surface area (Å²) in [5, 5.41) is 3.80. The highest BCUT2D eigenvalue weighted by molar-refractivity contribution is 4.91. The van der Waals surface area contributed by atoms with Crippen LogP contribution in [0.1, 0.15) is 65.7 Å². The molecule has 2 nitrogen and oxygen atoms in total. The molecule has 1 saturated carbocycles. The van der Waals surface area contributed by atoms with Crippen molar-refractivity contribution >= 4 is 0 Å². The van der Waals surface area contributed by atoms with Gasteiger partial charge in [-0.15, -0.1) is 0 Å². The molecular weight excluding hydrogens is 232 g/mol. The van der Waals surface area contributed by atoms with Crippen molar-refractivity contribution in [2.45, 2.75) is 77.8 Å². The number of hydrogen-bond donors (Lipinski definition) is 1. The fraction of sp³-hybridized carbons (Fsp3) is 1.00. The van der Waals surface area contributed by atoms with Crippen LogP contribution in [0, 0.1) is 11.8 Å². The van der Waals surface area contributed by atoms with E-state index < -0.39 is 0 Å². The van der Waals surface area contributed by atoms with Crippen LogP contribution < -0.4 is 5.32 Å². The molecule has 1 aliphatic heterocycles. The van der Waals surface area contributed by atoms with Crippen LogP contribution in [0.4, 0.5) is 0 Å². The molecule has 0 bridgehead atoms. The summed E-state index contributed by atoms with van der Waals surface area (Å²) in [6.45, 7) is 10.9. The molecule has 0 aromatic carbocycles. The second-order valence-corrected chi connectivity index (χ2v) is 6.95. The minimum atomic E-state index is 0.726. The van der Waals surface area contributed by atoms with E-state index in [1.54, 1.807) is 0 Å². The molecule has 2 aliphatic rings. The van der Waals surface area contributed by atoms with E-state index in [1.807, 2.05) is 0 Å². The van der Waals surface area contributed by atoms with E-state index in [-0.39, 0.29) is 0 Å². The number of rotatable bonds is 5. The lowest BCUT2D eigenvalue weighted by atomic mass is 9.81. The zero-order valence-corrected chi connectivity index (χ0v) is 13.3. The first kappa shape index (κ1) is 15.3. The van der Waals surface area contributed by atoms with E-state index in [1.165, 1.54) is 64.6 Å². The van der Waals surface area contributed by atoms with Gasteiger partial charge in [0.15, 0.2) is 0 Å². The van der Waals surface area contributed by atoms with Gasteiger partial charge in [0, 0.05) is 31.7 Å². The second kappa shape index (κ2) is 7.64. The smallest absolute Gasteiger partial charge is 0.0249 e. The summed E-state index contributed by atoms with van der Waals surface area (Å²) < 4.78 is 0. The standard InChI is InChI=1S/C17H34N2/c1-4-14(3)12-19-13-16(5-2)18-11-17(19)15-9-7-6-8-10-15/h14-18H,4-13H2,1-3H3. The van der Waals surface area contributed by atoms with E-state index in [0.717, 1.165) is 23.9 Å². The van der Waals surface area contributed by atoms with Crippen molar-refractivity contribution in [2.24, 2.45) is 11.8 Å². The van der Waals surface area contributed by atoms with Gasteiger partial charge in [-0.2, -0.15) is 0 Å². The molecule has 3 atom stereocenters. The van der Waals surface area contributed by atoms with E-state index in [2.05, 4.69) is 31.0 Å². The van der Waals surface area contributed by atoms with E-state index in [0.29, 0.717) is 0 Å². The first-order valence-electron chi connectivity index (χ1n) is 8.72. The molecule has 1 aliphatic carbocycles. The molecule has 0 aromatic heterocycles. The molecule has 112 valence electrons. The molecule has 2 rings (SSSR count). The van der Waals surface area contributed by atoms with Gasteiger partial charge in [-0.05, 0) is 31.1 Å². The Labute approximate surface area is 120 Å². The summed E-state index contributed by atoms with van der Waals surface area (Å²) in [4.78, 5) is 2.84. The SMILES string of the molecule is CCC(C)CN1CC(CC)NCC1C1CCCCC1. The van der Waals surface area contributed by atoms with Crippen LogP contribution >= 0.6 is 0 Å². The predicted molar refractivity (Wildman–Crippen MR) is 83.5 cm³/mol. The minimum Gasteiger partial charge on any atom is -0.311 e. The minimum absolute atomic E-state index is 0.726. The molecule has 0 radical (unpaired) electrons. The average Bonchev–Trinajstić information content (AvgIpc) is 2.48. The van der Waals surface area contributed by atoms with Crippen molar-refractivity contribution in [2.75, 3.05) is 19.6 Å². The highest BCUT2D eigenvalue weighted by Gasteiger charge is 2.33. The summed E-state index contributed by atoms with van der Waals surface area (Å²) >= 11 is 0. The predicted octanol–water partition coefficient (Wildman–Crippen LogP) is 3.67. The quantitative estimate of drug-likeness (QED) is 0.817. The van der Waals surface area contributed by atoms with Crippen LogP contribution in [0.2, 0.25) is 0 Å². The van der Waals surface area contributed by atoms with Crippen molar-refractivity contribution < 1.29 is 0 Å². The maximum Gasteiger partial charge on any atom is 0.0249 e. The van der Waals surface area contributed by atoms with Crippen molar-refractivity contribution in [3.8, 4) is 0 Å². The third kappa shape index (κ3) is 4.19. The highest BCUT2D eigenvalue weighted by atomic mass is 15.2. The Kier molecular flexibility index (Phi) is 6.15. The van der Waals surface area contributed by atoms with Crippen LogP contribution in [0.25, 0.3) is 0 Å². The lowest BCUT2D eigenvalue weighted by molar-refractivity contribution is 0.0589. The van der Waals surface area contributed by atoms with Gasteiger partial charge >= 0.3 is 0 Å². The first-order valence-corrected chi connectivity index (χ1v) is 8.72. The zero-order chi connectivity index (χ0) is 13.7. The molecule has 1 heterocycles. The maximum absolute atomic E-state index is 3.80. The summed E-state index contributed by atoms with van der Waals surface area (Å²) in [5.41, 5.74) is 0. The number of nitrogens with zero attached hydrogens (tertiary/aromatic N) is 1. The van der Waals surface area contributed by atoms with E-state index >= 15 is 0 Å². The van der Waals surface area contributed by atoms with Gasteiger partial charge in [-0.3, -0.25) is 4.90 Å². The Hall–Kier alpha value is -0.0800. The molecule has 0 amide bonds. The monoisotopic (exact) mass is 266 g/mol. The molecule has 19 heavy (non-hydrogen) atoms. The van der Waals surface area contributed by atoms with Gasteiger partial charge in [0.05, 0.1) is 0 Å². The lowest BCUT2D eigenvalue weighted by Gasteiger charge is -2.46. The molecule has 2 heteroatoms. The Morgan fingerprint density at radius 2 is 1.89 bits per heavy atom. The Morgan fingerprint density at radius 3 is 2.53 bits per heavy atom. The van der Waals surface area contributed by atoms with E-state index in [4.69, 9.17) is 0 Å². The van der Waals surface area contributed by atoms with Crippen molar-refractivity contribution in [1.29, 1.82) is 0 Å². The van der Waals surface area contributed by atoms with E-state index in [9.17, 15) is 0 Å². The number of nitrogens with one attached hydrogen (secondary N) is 1. The third-order valence-corrected chi connectivity index (χ3v) is 5.47. The van der Waals surface area contributed by atoms with Gasteiger partial charge in [0.1, 0.15) is 0 Å². The van der Waals surface area contributed by atoms with Crippen LogP contribution in [0.5, 0.6) is 0 Å². The molecule has 1 saturated heterocycles. The van der Waals surface area contributed by atoms with Crippen LogP contribution in [0.3, 0.4) is 0 Å². The molecule has 1 N–H and O–H groups in total. The van der Waals surface area contributed by atoms with Crippen molar-refractivity contribution in [3.05, 3.63) is 0 Å². The van der Waals surface area contributed by atoms with Crippen LogP contribution in [0.15, 0.2) is 0 Å². The van der Waals surface area contributed by atoms with Gasteiger partial charge in [0.2, 0.25) is 0 Å². The topological polar surface area (TPSA) is 15.3 Å². The Balaban J connectivity index is 1.96. The Bertz CT molecular complexity index is 246. The number of hydrogen-bond acceptors (Lipinski definition) is 2. The van der Waals surface area contributed by atoms with Crippen LogP contribution in [-0.4, -0.2) is 36.6 Å². The molecule has 2 fully saturated rings. The second-order valence-electron chi connectivity index (χ2n) is 6.95. The summed E-state index contributed by atoms with van der Waals surface area (Å²) in [7, 11) is 0. The fourth-order valence-corrected chi connectivity index (χ4v) is 3.90. The summed E-state index contributed by atoms with van der Waals surface area (Å²) in [6.07, 6.45) is 9.94. The summed E-state index contributed by atoms with van der Waals surface area (Å²) in [6, 6.07) is 1.54. The normalized spacial score (nSPS) is 32.4. The van der Waals surface area contributed by atoms with Crippen molar-refractivity contribution in [3.63, 3.8) is 0 Å². The Morgan fingerprint density at radius 1 is 1.16 bits per heavy atom. The van der Waals surface area contributed by atoms with Gasteiger partial charge in [0.25, 0.3) is 0 Å². The first-order chi connectivity index (χ1) is 9.24. The average molecular weight is 266 g/mol. The number of piperazine rings is 1. The molecule has 0 aromatic rings. The van der Waals surface area contributed by atoms with Crippen molar-refractivity contribution in [1.82, 2.24) is 10.2 Å². The maximum atomic E-state index is 3.80. The molecule has 3 unspecified atom stereocenters. The van der Waals surface area contributed by atoms with Gasteiger partial charge < -0.3 is 5.32 Å². The highest BCUT2D eigenvalue weighted by Crippen LogP contribution is 2.31. The lowest BCUT2D eigenvalue weighted by Crippen LogP contribution is -2.59. The zero-order valence-electron chi connectivity index (χ0n) is 13.3. The molecular formula is C17H34N2. The summed E-state index contributed by atoms with van der Waals surface area (Å²) in [5.74, 6) is 1.81. The van der Waals surface area contributed by atoms with Gasteiger partial charge in [-0.25, -0.2) is 0 Å². The largest absolute Gasteiger partial charge is 0.311 e. The molecule has 0 spiro atoms.